The van der Waals surface area contributed by atoms with Crippen LogP contribution in [0.2, 0.25) is 0 Å². The molecule has 0 unspecified atom stereocenters. The first-order valence-corrected chi connectivity index (χ1v) is 6.67. The number of aromatic nitrogens is 2. The fraction of sp³-hybridized carbons (Fsp3) is 0.692. The molecule has 0 aromatic carbocycles. The number of alkyl halides is 3. The van der Waals surface area contributed by atoms with Crippen LogP contribution in [0.1, 0.15) is 33.0 Å². The number of hydrogen-bond acceptors (Lipinski definition) is 5. The predicted molar refractivity (Wildman–Crippen MR) is 75.4 cm³/mol. The van der Waals surface area contributed by atoms with Gasteiger partial charge in [0.1, 0.15) is 11.6 Å². The fourth-order valence-corrected chi connectivity index (χ4v) is 1.38. The van der Waals surface area contributed by atoms with Crippen LogP contribution in [0.15, 0.2) is 6.07 Å². The molecule has 0 bridgehead atoms. The van der Waals surface area contributed by atoms with Crippen molar-refractivity contribution < 1.29 is 17.9 Å². The van der Waals surface area contributed by atoms with Crippen LogP contribution in [0.3, 0.4) is 0 Å². The van der Waals surface area contributed by atoms with Crippen molar-refractivity contribution in [1.29, 1.82) is 0 Å². The lowest BCUT2D eigenvalue weighted by atomic mass is 10.1. The maximum absolute atomic E-state index is 12.8. The summed E-state index contributed by atoms with van der Waals surface area (Å²) >= 11 is 0. The number of nitrogens with one attached hydrogen (secondary N) is 2. The molecule has 8 heteroatoms. The lowest BCUT2D eigenvalue weighted by Crippen LogP contribution is -2.32. The Kier molecular flexibility index (Phi) is 5.77. The van der Waals surface area contributed by atoms with Gasteiger partial charge in [0, 0.05) is 26.3 Å². The molecule has 1 aromatic heterocycles. The van der Waals surface area contributed by atoms with Gasteiger partial charge in [-0.3, -0.25) is 0 Å². The first-order valence-electron chi connectivity index (χ1n) is 6.67. The normalized spacial score (nSPS) is 12.3. The molecule has 0 aliphatic rings. The lowest BCUT2D eigenvalue weighted by Gasteiger charge is -2.23. The van der Waals surface area contributed by atoms with Crippen molar-refractivity contribution >= 4 is 11.6 Å². The van der Waals surface area contributed by atoms with Crippen LogP contribution in [0.25, 0.3) is 0 Å². The Morgan fingerprint density at radius 1 is 1.14 bits per heavy atom. The number of anilines is 2. The van der Waals surface area contributed by atoms with Gasteiger partial charge >= 0.3 is 6.18 Å². The maximum Gasteiger partial charge on any atom is 0.451 e. The van der Waals surface area contributed by atoms with Gasteiger partial charge in [0.05, 0.1) is 5.60 Å². The summed E-state index contributed by atoms with van der Waals surface area (Å²) in [6.45, 7) is 6.42. The molecule has 1 rings (SSSR count). The first kappa shape index (κ1) is 17.5. The Balaban J connectivity index is 2.96. The molecule has 0 amide bonds. The Morgan fingerprint density at radius 3 is 2.19 bits per heavy atom. The smallest absolute Gasteiger partial charge is 0.377 e. The molecule has 0 spiro atoms. The molecular weight excluding hydrogens is 285 g/mol. The van der Waals surface area contributed by atoms with Crippen LogP contribution < -0.4 is 10.6 Å². The molecule has 21 heavy (non-hydrogen) atoms. The second kappa shape index (κ2) is 6.93. The third kappa shape index (κ3) is 5.74. The minimum absolute atomic E-state index is 0.112. The summed E-state index contributed by atoms with van der Waals surface area (Å²) < 4.78 is 43.6. The second-order valence-corrected chi connectivity index (χ2v) is 5.20. The van der Waals surface area contributed by atoms with Gasteiger partial charge in [-0.15, -0.1) is 0 Å². The summed E-state index contributed by atoms with van der Waals surface area (Å²) in [7, 11) is 1.54. The van der Waals surface area contributed by atoms with Crippen molar-refractivity contribution in [2.75, 3.05) is 30.8 Å². The highest BCUT2D eigenvalue weighted by molar-refractivity contribution is 5.48. The summed E-state index contributed by atoms with van der Waals surface area (Å²) in [6.07, 6.45) is -3.80. The van der Waals surface area contributed by atoms with Gasteiger partial charge in [0.15, 0.2) is 0 Å². The number of hydrogen-bond donors (Lipinski definition) is 2. The number of nitrogens with zero attached hydrogens (tertiary/aromatic N) is 2. The van der Waals surface area contributed by atoms with Crippen LogP contribution in [0.4, 0.5) is 24.8 Å². The molecule has 1 aromatic rings. The molecule has 2 N–H and O–H groups in total. The highest BCUT2D eigenvalue weighted by Crippen LogP contribution is 2.28. The zero-order chi connectivity index (χ0) is 16.1. The van der Waals surface area contributed by atoms with E-state index >= 15 is 0 Å². The van der Waals surface area contributed by atoms with Gasteiger partial charge in [-0.05, 0) is 20.3 Å². The number of halogens is 3. The van der Waals surface area contributed by atoms with E-state index in [0.717, 1.165) is 6.42 Å². The van der Waals surface area contributed by atoms with Crippen LogP contribution in [0, 0.1) is 0 Å². The second-order valence-electron chi connectivity index (χ2n) is 5.20. The standard InChI is InChI=1S/C13H21F3N4O/c1-5-6-17-9-7-10(18-8-12(2,3)21-4)20-11(19-9)13(14,15)16/h7H,5-6,8H2,1-4H3,(H2,17,18,19,20). The monoisotopic (exact) mass is 306 g/mol. The third-order valence-corrected chi connectivity index (χ3v) is 2.78. The SMILES string of the molecule is CCCNc1cc(NCC(C)(C)OC)nc(C(F)(F)F)n1. The molecule has 120 valence electrons. The van der Waals surface area contributed by atoms with Crippen molar-refractivity contribution in [2.45, 2.75) is 39.0 Å². The molecule has 0 atom stereocenters. The predicted octanol–water partition coefficient (Wildman–Crippen LogP) is 3.15. The Morgan fingerprint density at radius 2 is 1.71 bits per heavy atom. The average molecular weight is 306 g/mol. The van der Waals surface area contributed by atoms with Gasteiger partial charge < -0.3 is 15.4 Å². The largest absolute Gasteiger partial charge is 0.451 e. The van der Waals surface area contributed by atoms with E-state index in [1.807, 2.05) is 20.8 Å². The summed E-state index contributed by atoms with van der Waals surface area (Å²) in [5, 5.41) is 5.69. The van der Waals surface area contributed by atoms with E-state index in [1.165, 1.54) is 13.2 Å². The molecule has 1 heterocycles. The summed E-state index contributed by atoms with van der Waals surface area (Å²) in [5.41, 5.74) is -0.514. The summed E-state index contributed by atoms with van der Waals surface area (Å²) in [6, 6.07) is 1.46. The van der Waals surface area contributed by atoms with E-state index in [9.17, 15) is 13.2 Å². The fourth-order valence-electron chi connectivity index (χ4n) is 1.38. The van der Waals surface area contributed by atoms with E-state index in [0.29, 0.717) is 13.1 Å². The van der Waals surface area contributed by atoms with Gasteiger partial charge in [-0.25, -0.2) is 9.97 Å². The summed E-state index contributed by atoms with van der Waals surface area (Å²) in [5.74, 6) is -0.903. The molecule has 0 saturated heterocycles. The quantitative estimate of drug-likeness (QED) is 0.810. The van der Waals surface area contributed by atoms with E-state index in [-0.39, 0.29) is 11.6 Å². The Bertz CT molecular complexity index is 463. The van der Waals surface area contributed by atoms with Crippen molar-refractivity contribution in [3.63, 3.8) is 0 Å². The van der Waals surface area contributed by atoms with Crippen LogP contribution >= 0.6 is 0 Å². The Hall–Kier alpha value is -1.57. The molecule has 0 aliphatic heterocycles. The maximum atomic E-state index is 12.8. The van der Waals surface area contributed by atoms with Crippen LogP contribution in [0.5, 0.6) is 0 Å². The van der Waals surface area contributed by atoms with Gasteiger partial charge in [-0.1, -0.05) is 6.92 Å². The van der Waals surface area contributed by atoms with Gasteiger partial charge in [0.25, 0.3) is 0 Å². The minimum atomic E-state index is -4.59. The van der Waals surface area contributed by atoms with Crippen molar-refractivity contribution in [2.24, 2.45) is 0 Å². The topological polar surface area (TPSA) is 59.1 Å². The summed E-state index contributed by atoms with van der Waals surface area (Å²) in [4.78, 5) is 7.00. The van der Waals surface area contributed by atoms with Gasteiger partial charge in [-0.2, -0.15) is 13.2 Å². The minimum Gasteiger partial charge on any atom is -0.377 e. The third-order valence-electron chi connectivity index (χ3n) is 2.78. The molecule has 0 radical (unpaired) electrons. The zero-order valence-corrected chi connectivity index (χ0v) is 12.6. The molecule has 0 aliphatic carbocycles. The zero-order valence-electron chi connectivity index (χ0n) is 12.6. The van der Waals surface area contributed by atoms with E-state index in [4.69, 9.17) is 4.74 Å². The van der Waals surface area contributed by atoms with E-state index in [1.54, 1.807) is 0 Å². The number of methoxy groups -OCH3 is 1. The van der Waals surface area contributed by atoms with Gasteiger partial charge in [0.2, 0.25) is 5.82 Å². The lowest BCUT2D eigenvalue weighted by molar-refractivity contribution is -0.144. The van der Waals surface area contributed by atoms with Crippen molar-refractivity contribution in [1.82, 2.24) is 9.97 Å². The Labute approximate surface area is 122 Å². The molecule has 5 nitrogen and oxygen atoms in total. The number of ether oxygens (including phenoxy) is 1. The van der Waals surface area contributed by atoms with Crippen LogP contribution in [-0.4, -0.2) is 35.8 Å². The molecule has 0 saturated carbocycles. The van der Waals surface area contributed by atoms with Crippen LogP contribution in [-0.2, 0) is 10.9 Å². The number of rotatable bonds is 7. The highest BCUT2D eigenvalue weighted by Gasteiger charge is 2.35. The van der Waals surface area contributed by atoms with E-state index in [2.05, 4.69) is 20.6 Å². The average Bonchev–Trinajstić information content (AvgIpc) is 2.42. The first-order chi connectivity index (χ1) is 9.68. The van der Waals surface area contributed by atoms with E-state index < -0.39 is 17.6 Å². The van der Waals surface area contributed by atoms with Crippen molar-refractivity contribution in [3.05, 3.63) is 11.9 Å². The van der Waals surface area contributed by atoms with Crippen molar-refractivity contribution in [3.8, 4) is 0 Å². The molecule has 0 fully saturated rings. The highest BCUT2D eigenvalue weighted by atomic mass is 19.4. The molecular formula is C13H21F3N4O.